The number of para-hydroxylation sites is 1. The highest BCUT2D eigenvalue weighted by atomic mass is 32.1. The van der Waals surface area contributed by atoms with Crippen LogP contribution < -0.4 is 4.90 Å². The first kappa shape index (κ1) is 37.1. The molecule has 2 heteroatoms. The Labute approximate surface area is 379 Å². The lowest BCUT2D eigenvalue weighted by Gasteiger charge is -2.33. The Balaban J connectivity index is 1.12. The summed E-state index contributed by atoms with van der Waals surface area (Å²) in [5.41, 5.74) is 23.6. The number of thiophene rings is 1. The van der Waals surface area contributed by atoms with E-state index in [4.69, 9.17) is 0 Å². The molecule has 1 spiro atoms. The van der Waals surface area contributed by atoms with Crippen molar-refractivity contribution >= 4 is 28.4 Å². The zero-order chi connectivity index (χ0) is 42.6. The molecule has 0 saturated heterocycles. The molecule has 0 N–H and O–H groups in total. The van der Waals surface area contributed by atoms with Gasteiger partial charge in [-0.2, -0.15) is 0 Å². The molecule has 64 heavy (non-hydrogen) atoms. The van der Waals surface area contributed by atoms with E-state index in [1.807, 2.05) is 11.3 Å². The number of nitrogens with zero attached hydrogens (tertiary/aromatic N) is 1. The average molecular weight is 834 g/mol. The standard InChI is InChI=1S/C62H43NS/c1-61(2)51-30-16-12-27-46(51)48-36-34-43(38-54(48)61)63(56-33-19-15-26-45(56)40-20-6-3-7-21-40)44-35-37-49-47-28-13-17-31-52(47)62(55(49)39-44)53-32-18-14-29-50(53)57-58(62)60(42-24-10-5-11-25-42)64-59(57)41-22-8-4-9-23-41/h3-39H,1-2H3. The van der Waals surface area contributed by atoms with Crippen LogP contribution in [0, 0.1) is 0 Å². The predicted molar refractivity (Wildman–Crippen MR) is 269 cm³/mol. The van der Waals surface area contributed by atoms with E-state index in [-0.39, 0.29) is 5.41 Å². The first-order valence-corrected chi connectivity index (χ1v) is 23.2. The van der Waals surface area contributed by atoms with Gasteiger partial charge in [0.25, 0.3) is 0 Å². The fourth-order valence-corrected chi connectivity index (χ4v) is 12.9. The van der Waals surface area contributed by atoms with Crippen molar-refractivity contribution in [2.45, 2.75) is 24.7 Å². The Bertz CT molecular complexity index is 3470. The second-order valence-corrected chi connectivity index (χ2v) is 19.0. The van der Waals surface area contributed by atoms with Crippen LogP contribution in [-0.4, -0.2) is 0 Å². The fourth-order valence-electron chi connectivity index (χ4n) is 11.5. The van der Waals surface area contributed by atoms with E-state index in [0.29, 0.717) is 0 Å². The van der Waals surface area contributed by atoms with Crippen LogP contribution in [0.4, 0.5) is 17.1 Å². The van der Waals surface area contributed by atoms with Crippen molar-refractivity contribution in [3.8, 4) is 65.4 Å². The first-order valence-electron chi connectivity index (χ1n) is 22.3. The molecular weight excluding hydrogens is 791 g/mol. The molecule has 0 aliphatic heterocycles. The summed E-state index contributed by atoms with van der Waals surface area (Å²) in [6.45, 7) is 4.76. The van der Waals surface area contributed by atoms with E-state index in [0.717, 1.165) is 17.1 Å². The highest BCUT2D eigenvalue weighted by molar-refractivity contribution is 7.19. The minimum atomic E-state index is -0.561. The summed E-state index contributed by atoms with van der Waals surface area (Å²) in [4.78, 5) is 5.17. The molecule has 9 aromatic carbocycles. The third-order valence-corrected chi connectivity index (χ3v) is 15.6. The maximum Gasteiger partial charge on any atom is 0.0740 e. The van der Waals surface area contributed by atoms with Crippen LogP contribution in [0.15, 0.2) is 224 Å². The van der Waals surface area contributed by atoms with Gasteiger partial charge in [0.1, 0.15) is 0 Å². The third-order valence-electron chi connectivity index (χ3n) is 14.3. The SMILES string of the molecule is CC1(C)c2ccccc2-c2ccc(N(c3ccc4c(c3)C3(c5ccccc5-4)c4ccccc4-c4c(-c5ccccc5)sc(-c5ccccc5)c43)c3ccccc3-c3ccccc3)cc21. The molecule has 0 bridgehead atoms. The first-order chi connectivity index (χ1) is 31.5. The number of fused-ring (bicyclic) bond motifs is 13. The summed E-state index contributed by atoms with van der Waals surface area (Å²) in [5, 5.41) is 0. The topological polar surface area (TPSA) is 3.24 Å². The van der Waals surface area contributed by atoms with Crippen molar-refractivity contribution in [2.75, 3.05) is 4.90 Å². The predicted octanol–water partition coefficient (Wildman–Crippen LogP) is 16.9. The molecule has 1 atom stereocenters. The number of benzene rings is 9. The normalized spacial score (nSPS) is 15.5. The molecule has 3 aliphatic carbocycles. The van der Waals surface area contributed by atoms with E-state index in [9.17, 15) is 0 Å². The van der Waals surface area contributed by atoms with Crippen molar-refractivity contribution in [1.29, 1.82) is 0 Å². The van der Waals surface area contributed by atoms with Crippen LogP contribution in [0.5, 0.6) is 0 Å². The van der Waals surface area contributed by atoms with Crippen LogP contribution in [0.25, 0.3) is 65.4 Å². The Morgan fingerprint density at radius 1 is 0.344 bits per heavy atom. The second kappa shape index (κ2) is 14.0. The highest BCUT2D eigenvalue weighted by Crippen LogP contribution is 2.68. The van der Waals surface area contributed by atoms with Crippen molar-refractivity contribution < 1.29 is 0 Å². The van der Waals surface area contributed by atoms with Crippen molar-refractivity contribution in [1.82, 2.24) is 0 Å². The largest absolute Gasteiger partial charge is 0.310 e. The number of anilines is 3. The van der Waals surface area contributed by atoms with Crippen molar-refractivity contribution in [3.63, 3.8) is 0 Å². The van der Waals surface area contributed by atoms with Crippen molar-refractivity contribution in [3.05, 3.63) is 258 Å². The van der Waals surface area contributed by atoms with Gasteiger partial charge in [0.05, 0.1) is 11.1 Å². The molecule has 3 aliphatic rings. The number of hydrogen-bond acceptors (Lipinski definition) is 2. The Morgan fingerprint density at radius 2 is 0.781 bits per heavy atom. The highest BCUT2D eigenvalue weighted by Gasteiger charge is 2.54. The van der Waals surface area contributed by atoms with E-state index in [1.54, 1.807) is 0 Å². The molecule has 302 valence electrons. The van der Waals surface area contributed by atoms with E-state index >= 15 is 0 Å². The molecule has 1 aromatic heterocycles. The molecule has 1 unspecified atom stereocenters. The summed E-state index contributed by atoms with van der Waals surface area (Å²) < 4.78 is 0. The zero-order valence-corrected chi connectivity index (χ0v) is 36.5. The van der Waals surface area contributed by atoms with Crippen LogP contribution in [0.2, 0.25) is 0 Å². The van der Waals surface area contributed by atoms with Crippen LogP contribution >= 0.6 is 11.3 Å². The Hall–Kier alpha value is -7.52. The van der Waals surface area contributed by atoms with E-state index in [1.165, 1.54) is 98.8 Å². The van der Waals surface area contributed by atoms with Gasteiger partial charge in [-0.3, -0.25) is 0 Å². The summed E-state index contributed by atoms with van der Waals surface area (Å²) in [6.07, 6.45) is 0. The molecule has 10 aromatic rings. The van der Waals surface area contributed by atoms with Gasteiger partial charge < -0.3 is 4.90 Å². The molecule has 1 nitrogen and oxygen atoms in total. The van der Waals surface area contributed by atoms with Gasteiger partial charge in [-0.25, -0.2) is 0 Å². The van der Waals surface area contributed by atoms with Crippen LogP contribution in [0.1, 0.15) is 47.2 Å². The third kappa shape index (κ3) is 5.12. The van der Waals surface area contributed by atoms with Gasteiger partial charge in [0.2, 0.25) is 0 Å². The van der Waals surface area contributed by atoms with Crippen LogP contribution in [0.3, 0.4) is 0 Å². The molecule has 13 rings (SSSR count). The molecule has 0 radical (unpaired) electrons. The summed E-state index contributed by atoms with van der Waals surface area (Å²) in [7, 11) is 0. The molecule has 1 heterocycles. The molecule has 0 saturated carbocycles. The Morgan fingerprint density at radius 3 is 1.42 bits per heavy atom. The van der Waals surface area contributed by atoms with Gasteiger partial charge in [0.15, 0.2) is 0 Å². The minimum absolute atomic E-state index is 0.149. The smallest absolute Gasteiger partial charge is 0.0740 e. The summed E-state index contributed by atoms with van der Waals surface area (Å²) in [6, 6.07) is 83.8. The molecular formula is C62H43NS. The minimum Gasteiger partial charge on any atom is -0.310 e. The Kier molecular flexibility index (Phi) is 8.11. The van der Waals surface area contributed by atoms with Gasteiger partial charge >= 0.3 is 0 Å². The van der Waals surface area contributed by atoms with Crippen molar-refractivity contribution in [2.24, 2.45) is 0 Å². The molecule has 0 amide bonds. The summed E-state index contributed by atoms with van der Waals surface area (Å²) >= 11 is 1.94. The lowest BCUT2D eigenvalue weighted by atomic mass is 9.70. The average Bonchev–Trinajstić information content (AvgIpc) is 4.05. The second-order valence-electron chi connectivity index (χ2n) is 17.9. The monoisotopic (exact) mass is 833 g/mol. The van der Waals surface area contributed by atoms with Crippen LogP contribution in [-0.2, 0) is 10.8 Å². The maximum atomic E-state index is 2.55. The summed E-state index contributed by atoms with van der Waals surface area (Å²) in [5.74, 6) is 0. The van der Waals surface area contributed by atoms with Gasteiger partial charge in [0, 0.05) is 37.7 Å². The number of hydrogen-bond donors (Lipinski definition) is 0. The van der Waals surface area contributed by atoms with Gasteiger partial charge in [-0.05, 0) is 108 Å². The van der Waals surface area contributed by atoms with E-state index < -0.39 is 5.41 Å². The van der Waals surface area contributed by atoms with Gasteiger partial charge in [-0.1, -0.05) is 208 Å². The lowest BCUT2D eigenvalue weighted by Crippen LogP contribution is -2.26. The number of rotatable bonds is 6. The van der Waals surface area contributed by atoms with E-state index in [2.05, 4.69) is 243 Å². The zero-order valence-electron chi connectivity index (χ0n) is 35.7. The lowest BCUT2D eigenvalue weighted by molar-refractivity contribution is 0.660. The molecule has 0 fully saturated rings. The maximum absolute atomic E-state index is 2.55. The fraction of sp³-hybridized carbons (Fsp3) is 0.0645. The quantitative estimate of drug-likeness (QED) is 0.161. The van der Waals surface area contributed by atoms with Gasteiger partial charge in [-0.15, -0.1) is 11.3 Å².